The van der Waals surface area contributed by atoms with Gasteiger partial charge in [-0.15, -0.1) is 0 Å². The van der Waals surface area contributed by atoms with Crippen LogP contribution < -0.4 is 10.2 Å². The molecule has 1 aliphatic rings. The second-order valence-electron chi connectivity index (χ2n) is 8.49. The van der Waals surface area contributed by atoms with E-state index >= 15 is 0 Å². The predicted octanol–water partition coefficient (Wildman–Crippen LogP) is 3.20. The van der Waals surface area contributed by atoms with Gasteiger partial charge in [-0.05, 0) is 36.8 Å². The molecule has 10 heteroatoms. The van der Waals surface area contributed by atoms with E-state index in [1.54, 1.807) is 0 Å². The second kappa shape index (κ2) is 9.12. The number of ether oxygens (including phenoxy) is 1. The summed E-state index contributed by atoms with van der Waals surface area (Å²) in [7, 11) is -3.47. The molecular weight excluding hydrogens is 466 g/mol. The number of carbonyl (C=O) groups excluding carboxylic acids is 1. The standard InChI is InChI=1S/C25H25N5O4S/c1-17-4-3-9-30-16-21(28-24(17)30)18-5-7-19(8-6-18)27-25(31)23-22(29-10-12-34-13-11-29)14-20(15-26-23)35(2,32)33/h3-9,14-16H,10-13H2,1-2H3,(H,27,31). The molecule has 0 bridgehead atoms. The van der Waals surface area contributed by atoms with Crippen LogP contribution in [-0.4, -0.2) is 61.3 Å². The molecule has 3 aromatic heterocycles. The van der Waals surface area contributed by atoms with Gasteiger partial charge in [0.1, 0.15) is 5.65 Å². The summed E-state index contributed by atoms with van der Waals surface area (Å²) in [6.45, 7) is 4.10. The number of carbonyl (C=O) groups is 1. The molecule has 4 aromatic rings. The zero-order chi connectivity index (χ0) is 24.6. The number of hydrogen-bond donors (Lipinski definition) is 1. The van der Waals surface area contributed by atoms with Gasteiger partial charge in [0.25, 0.3) is 5.91 Å². The number of amides is 1. The molecule has 5 rings (SSSR count). The molecule has 0 saturated carbocycles. The summed E-state index contributed by atoms with van der Waals surface area (Å²) >= 11 is 0. The highest BCUT2D eigenvalue weighted by molar-refractivity contribution is 7.90. The van der Waals surface area contributed by atoms with Crippen LogP contribution in [0.5, 0.6) is 0 Å². The Balaban J connectivity index is 1.40. The van der Waals surface area contributed by atoms with Gasteiger partial charge in [-0.25, -0.2) is 18.4 Å². The van der Waals surface area contributed by atoms with Crippen LogP contribution in [0.3, 0.4) is 0 Å². The molecule has 1 aliphatic heterocycles. The van der Waals surface area contributed by atoms with E-state index in [-0.39, 0.29) is 10.6 Å². The Morgan fingerprint density at radius 3 is 2.54 bits per heavy atom. The Labute approximate surface area is 203 Å². The third kappa shape index (κ3) is 4.75. The van der Waals surface area contributed by atoms with Crippen LogP contribution in [0.25, 0.3) is 16.9 Å². The van der Waals surface area contributed by atoms with Crippen molar-refractivity contribution in [1.29, 1.82) is 0 Å². The first kappa shape index (κ1) is 23.0. The first-order valence-electron chi connectivity index (χ1n) is 11.2. The molecule has 0 unspecified atom stereocenters. The molecule has 0 radical (unpaired) electrons. The van der Waals surface area contributed by atoms with E-state index in [4.69, 9.17) is 9.72 Å². The lowest BCUT2D eigenvalue weighted by Crippen LogP contribution is -2.37. The topological polar surface area (TPSA) is 106 Å². The van der Waals surface area contributed by atoms with E-state index < -0.39 is 15.7 Å². The first-order valence-corrected chi connectivity index (χ1v) is 13.1. The molecule has 9 nitrogen and oxygen atoms in total. The number of nitrogens with one attached hydrogen (secondary N) is 1. The van der Waals surface area contributed by atoms with E-state index in [2.05, 4.69) is 10.3 Å². The molecule has 1 saturated heterocycles. The summed E-state index contributed by atoms with van der Waals surface area (Å²) in [5.41, 5.74) is 5.00. The summed E-state index contributed by atoms with van der Waals surface area (Å²) < 4.78 is 31.5. The van der Waals surface area contributed by atoms with Gasteiger partial charge >= 0.3 is 0 Å². The average Bonchev–Trinajstić information content (AvgIpc) is 3.30. The number of nitrogens with zero attached hydrogens (tertiary/aromatic N) is 4. The van der Waals surface area contributed by atoms with Crippen molar-refractivity contribution in [3.8, 4) is 11.3 Å². The van der Waals surface area contributed by atoms with Crippen LogP contribution in [-0.2, 0) is 14.6 Å². The molecule has 35 heavy (non-hydrogen) atoms. The fraction of sp³-hybridized carbons (Fsp3) is 0.240. The number of pyridine rings is 2. The zero-order valence-electron chi connectivity index (χ0n) is 19.4. The SMILES string of the molecule is Cc1cccn2cc(-c3ccc(NC(=O)c4ncc(S(C)(=O)=O)cc4N4CCOCC4)cc3)nc12. The van der Waals surface area contributed by atoms with Crippen LogP contribution in [0.4, 0.5) is 11.4 Å². The van der Waals surface area contributed by atoms with Gasteiger partial charge < -0.3 is 19.4 Å². The maximum atomic E-state index is 13.2. The number of imidazole rings is 1. The van der Waals surface area contributed by atoms with Crippen molar-refractivity contribution in [2.45, 2.75) is 11.8 Å². The molecule has 4 heterocycles. The first-order chi connectivity index (χ1) is 16.8. The minimum Gasteiger partial charge on any atom is -0.378 e. The Bertz CT molecular complexity index is 1510. The quantitative estimate of drug-likeness (QED) is 0.457. The molecule has 1 amide bonds. The van der Waals surface area contributed by atoms with Crippen molar-refractivity contribution < 1.29 is 17.9 Å². The predicted molar refractivity (Wildman–Crippen MR) is 134 cm³/mol. The van der Waals surface area contributed by atoms with Crippen LogP contribution >= 0.6 is 0 Å². The van der Waals surface area contributed by atoms with Gasteiger partial charge in [-0.2, -0.15) is 0 Å². The Morgan fingerprint density at radius 2 is 1.86 bits per heavy atom. The maximum absolute atomic E-state index is 13.2. The van der Waals surface area contributed by atoms with Gasteiger partial charge in [0, 0.05) is 49.2 Å². The van der Waals surface area contributed by atoms with E-state index in [0.717, 1.165) is 28.7 Å². The monoisotopic (exact) mass is 491 g/mol. The Morgan fingerprint density at radius 1 is 1.11 bits per heavy atom. The third-order valence-corrected chi connectivity index (χ3v) is 7.03. The lowest BCUT2D eigenvalue weighted by Gasteiger charge is -2.30. The molecule has 0 spiro atoms. The average molecular weight is 492 g/mol. The fourth-order valence-electron chi connectivity index (χ4n) is 4.07. The third-order valence-electron chi connectivity index (χ3n) is 5.95. The van der Waals surface area contributed by atoms with Crippen molar-refractivity contribution in [3.63, 3.8) is 0 Å². The Kier molecular flexibility index (Phi) is 6.00. The highest BCUT2D eigenvalue weighted by Gasteiger charge is 2.23. The molecule has 1 aromatic carbocycles. The minimum atomic E-state index is -3.47. The molecule has 180 valence electrons. The highest BCUT2D eigenvalue weighted by atomic mass is 32.2. The number of aryl methyl sites for hydroxylation is 1. The van der Waals surface area contributed by atoms with Gasteiger partial charge in [0.05, 0.1) is 29.5 Å². The molecular formula is C25H25N5O4S. The van der Waals surface area contributed by atoms with Crippen molar-refractivity contribution in [1.82, 2.24) is 14.4 Å². The molecule has 1 fully saturated rings. The van der Waals surface area contributed by atoms with Crippen LogP contribution in [0.15, 0.2) is 66.0 Å². The summed E-state index contributed by atoms with van der Waals surface area (Å²) in [6.07, 6.45) is 6.28. The number of aromatic nitrogens is 3. The normalized spacial score (nSPS) is 14.3. The largest absolute Gasteiger partial charge is 0.378 e. The second-order valence-corrected chi connectivity index (χ2v) is 10.5. The summed E-state index contributed by atoms with van der Waals surface area (Å²) in [5, 5.41) is 2.88. The van der Waals surface area contributed by atoms with E-state index in [0.29, 0.717) is 37.7 Å². The summed E-state index contributed by atoms with van der Waals surface area (Å²) in [4.78, 5) is 24.1. The van der Waals surface area contributed by atoms with Crippen molar-refractivity contribution in [2.24, 2.45) is 0 Å². The summed E-state index contributed by atoms with van der Waals surface area (Å²) in [5.74, 6) is -0.414. The van der Waals surface area contributed by atoms with Crippen molar-refractivity contribution in [2.75, 3.05) is 42.8 Å². The number of benzene rings is 1. The lowest BCUT2D eigenvalue weighted by atomic mass is 10.1. The smallest absolute Gasteiger partial charge is 0.276 e. The van der Waals surface area contributed by atoms with Gasteiger partial charge in [-0.3, -0.25) is 4.79 Å². The number of sulfone groups is 1. The van der Waals surface area contributed by atoms with Gasteiger partial charge in [0.15, 0.2) is 15.5 Å². The number of hydrogen-bond acceptors (Lipinski definition) is 7. The molecule has 0 atom stereocenters. The number of fused-ring (bicyclic) bond motifs is 1. The van der Waals surface area contributed by atoms with E-state index in [1.807, 2.05) is 65.0 Å². The minimum absolute atomic E-state index is 0.0718. The van der Waals surface area contributed by atoms with E-state index in [9.17, 15) is 13.2 Å². The van der Waals surface area contributed by atoms with Crippen LogP contribution in [0.1, 0.15) is 16.1 Å². The zero-order valence-corrected chi connectivity index (χ0v) is 20.2. The summed E-state index contributed by atoms with van der Waals surface area (Å²) in [6, 6.07) is 12.9. The molecule has 0 aliphatic carbocycles. The van der Waals surface area contributed by atoms with Crippen molar-refractivity contribution >= 4 is 32.8 Å². The van der Waals surface area contributed by atoms with Crippen LogP contribution in [0, 0.1) is 6.92 Å². The Hall–Kier alpha value is -3.76. The number of morpholine rings is 1. The lowest BCUT2D eigenvalue weighted by molar-refractivity contribution is 0.102. The number of anilines is 2. The van der Waals surface area contributed by atoms with Crippen LogP contribution in [0.2, 0.25) is 0 Å². The fourth-order valence-corrected chi connectivity index (χ4v) is 4.63. The highest BCUT2D eigenvalue weighted by Crippen LogP contribution is 2.26. The van der Waals surface area contributed by atoms with Gasteiger partial charge in [-0.1, -0.05) is 18.2 Å². The van der Waals surface area contributed by atoms with E-state index in [1.165, 1.54) is 12.3 Å². The maximum Gasteiger partial charge on any atom is 0.276 e. The molecule has 1 N–H and O–H groups in total. The number of rotatable bonds is 5. The van der Waals surface area contributed by atoms with Gasteiger partial charge in [0.2, 0.25) is 0 Å². The van der Waals surface area contributed by atoms with Crippen molar-refractivity contribution in [3.05, 3.63) is 72.3 Å².